The number of amides is 1. The molecular weight excluding hydrogens is 274 g/mol. The summed E-state index contributed by atoms with van der Waals surface area (Å²) in [4.78, 5) is 14.5. The van der Waals surface area contributed by atoms with Crippen molar-refractivity contribution in [1.82, 2.24) is 4.90 Å². The number of halogens is 1. The first kappa shape index (κ1) is 13.9. The summed E-state index contributed by atoms with van der Waals surface area (Å²) in [6.07, 6.45) is 0.870. The molecule has 0 spiro atoms. The maximum absolute atomic E-state index is 12.4. The van der Waals surface area contributed by atoms with Crippen LogP contribution in [0.1, 0.15) is 24.8 Å². The Hall–Kier alpha value is -1.06. The first-order valence-electron chi connectivity index (χ1n) is 7.27. The van der Waals surface area contributed by atoms with Crippen molar-refractivity contribution >= 4 is 17.5 Å². The number of rotatable bonds is 2. The Morgan fingerprint density at radius 1 is 1.30 bits per heavy atom. The summed E-state index contributed by atoms with van der Waals surface area (Å²) in [6.45, 7) is 5.20. The van der Waals surface area contributed by atoms with Crippen molar-refractivity contribution in [2.75, 3.05) is 26.3 Å². The number of benzene rings is 1. The second-order valence-electron chi connectivity index (χ2n) is 5.94. The second kappa shape index (κ2) is 5.74. The third-order valence-electron chi connectivity index (χ3n) is 4.50. The lowest BCUT2D eigenvalue weighted by Gasteiger charge is -2.19. The molecule has 1 aromatic rings. The molecule has 3 rings (SSSR count). The van der Waals surface area contributed by atoms with Crippen LogP contribution in [0.2, 0.25) is 5.02 Å². The van der Waals surface area contributed by atoms with Crippen LogP contribution < -0.4 is 0 Å². The summed E-state index contributed by atoms with van der Waals surface area (Å²) in [6, 6.07) is 8.02. The van der Waals surface area contributed by atoms with Gasteiger partial charge in [-0.3, -0.25) is 4.79 Å². The van der Waals surface area contributed by atoms with Crippen LogP contribution in [0.25, 0.3) is 0 Å². The average molecular weight is 294 g/mol. The van der Waals surface area contributed by atoms with Gasteiger partial charge in [0, 0.05) is 30.6 Å². The van der Waals surface area contributed by atoms with E-state index in [1.165, 1.54) is 5.56 Å². The molecule has 0 N–H and O–H groups in total. The van der Waals surface area contributed by atoms with Crippen molar-refractivity contribution in [3.05, 3.63) is 34.9 Å². The minimum absolute atomic E-state index is 0.0752. The molecule has 2 aliphatic heterocycles. The van der Waals surface area contributed by atoms with Crippen LogP contribution in [0.4, 0.5) is 0 Å². The van der Waals surface area contributed by atoms with Crippen LogP contribution in [0.5, 0.6) is 0 Å². The van der Waals surface area contributed by atoms with Crippen molar-refractivity contribution in [3.8, 4) is 0 Å². The van der Waals surface area contributed by atoms with Gasteiger partial charge >= 0.3 is 0 Å². The van der Waals surface area contributed by atoms with E-state index in [0.29, 0.717) is 18.4 Å². The zero-order valence-corrected chi connectivity index (χ0v) is 12.5. The molecular formula is C16H20ClNO2. The van der Waals surface area contributed by atoms with Crippen molar-refractivity contribution in [2.24, 2.45) is 11.8 Å². The Labute approximate surface area is 124 Å². The Morgan fingerprint density at radius 2 is 2.05 bits per heavy atom. The fraction of sp³-hybridized carbons (Fsp3) is 0.562. The highest BCUT2D eigenvalue weighted by Crippen LogP contribution is 2.34. The predicted molar refractivity (Wildman–Crippen MR) is 78.9 cm³/mol. The number of nitrogens with zero attached hydrogens (tertiary/aromatic N) is 1. The summed E-state index contributed by atoms with van der Waals surface area (Å²) in [5.41, 5.74) is 1.28. The maximum Gasteiger partial charge on any atom is 0.228 e. The number of carbonyl (C=O) groups excluding carboxylic acids is 1. The molecule has 1 amide bonds. The van der Waals surface area contributed by atoms with Gasteiger partial charge in [0.25, 0.3) is 0 Å². The molecule has 4 heteroatoms. The van der Waals surface area contributed by atoms with Crippen LogP contribution in [0.15, 0.2) is 24.3 Å². The molecule has 2 heterocycles. The normalized spacial score (nSPS) is 29.9. The average Bonchev–Trinajstić information content (AvgIpc) is 3.08. The molecule has 2 fully saturated rings. The van der Waals surface area contributed by atoms with E-state index >= 15 is 0 Å². The molecule has 0 saturated carbocycles. The van der Waals surface area contributed by atoms with E-state index in [-0.39, 0.29) is 11.8 Å². The SMILES string of the molecule is C[C@@H]1CN(C(=O)C2CCOC2)C[C@H]1c1ccc(Cl)cc1. The first-order chi connectivity index (χ1) is 9.65. The largest absolute Gasteiger partial charge is 0.381 e. The van der Waals surface area contributed by atoms with E-state index in [9.17, 15) is 4.79 Å². The molecule has 2 saturated heterocycles. The summed E-state index contributed by atoms with van der Waals surface area (Å²) in [5, 5.41) is 0.760. The molecule has 1 unspecified atom stereocenters. The summed E-state index contributed by atoms with van der Waals surface area (Å²) in [7, 11) is 0. The van der Waals surface area contributed by atoms with Gasteiger partial charge < -0.3 is 9.64 Å². The molecule has 0 aliphatic carbocycles. The molecule has 0 aromatic heterocycles. The molecule has 108 valence electrons. The Kier molecular flexibility index (Phi) is 3.99. The van der Waals surface area contributed by atoms with Crippen molar-refractivity contribution in [2.45, 2.75) is 19.3 Å². The molecule has 3 nitrogen and oxygen atoms in total. The summed E-state index contributed by atoms with van der Waals surface area (Å²) >= 11 is 5.94. The molecule has 20 heavy (non-hydrogen) atoms. The Balaban J connectivity index is 1.70. The van der Waals surface area contributed by atoms with Crippen LogP contribution in [0.3, 0.4) is 0 Å². The fourth-order valence-electron chi connectivity index (χ4n) is 3.28. The van der Waals surface area contributed by atoms with E-state index in [1.54, 1.807) is 0 Å². The van der Waals surface area contributed by atoms with Crippen molar-refractivity contribution in [1.29, 1.82) is 0 Å². The molecule has 0 bridgehead atoms. The van der Waals surface area contributed by atoms with Crippen LogP contribution in [-0.4, -0.2) is 37.1 Å². The Morgan fingerprint density at radius 3 is 2.70 bits per heavy atom. The zero-order chi connectivity index (χ0) is 14.1. The van der Waals surface area contributed by atoms with Crippen molar-refractivity contribution in [3.63, 3.8) is 0 Å². The fourth-order valence-corrected chi connectivity index (χ4v) is 3.40. The van der Waals surface area contributed by atoms with Gasteiger partial charge in [0.15, 0.2) is 0 Å². The van der Waals surface area contributed by atoms with E-state index in [4.69, 9.17) is 16.3 Å². The van der Waals surface area contributed by atoms with Gasteiger partial charge in [-0.15, -0.1) is 0 Å². The van der Waals surface area contributed by atoms with Gasteiger partial charge in [-0.1, -0.05) is 30.7 Å². The lowest BCUT2D eigenvalue weighted by atomic mass is 9.90. The minimum atomic E-state index is 0.0752. The zero-order valence-electron chi connectivity index (χ0n) is 11.7. The smallest absolute Gasteiger partial charge is 0.228 e. The van der Waals surface area contributed by atoms with Crippen LogP contribution >= 0.6 is 11.6 Å². The maximum atomic E-state index is 12.4. The first-order valence-corrected chi connectivity index (χ1v) is 7.65. The molecule has 0 radical (unpaired) electrons. The van der Waals surface area contributed by atoms with E-state index in [1.807, 2.05) is 17.0 Å². The van der Waals surface area contributed by atoms with Crippen LogP contribution in [-0.2, 0) is 9.53 Å². The highest BCUT2D eigenvalue weighted by Gasteiger charge is 2.36. The van der Waals surface area contributed by atoms with Gasteiger partial charge in [-0.2, -0.15) is 0 Å². The lowest BCUT2D eigenvalue weighted by Crippen LogP contribution is -2.34. The van der Waals surface area contributed by atoms with E-state index in [0.717, 1.165) is 31.1 Å². The van der Waals surface area contributed by atoms with Gasteiger partial charge in [0.2, 0.25) is 5.91 Å². The van der Waals surface area contributed by atoms with Crippen molar-refractivity contribution < 1.29 is 9.53 Å². The molecule has 1 aromatic carbocycles. The minimum Gasteiger partial charge on any atom is -0.381 e. The topological polar surface area (TPSA) is 29.5 Å². The van der Waals surface area contributed by atoms with E-state index in [2.05, 4.69) is 19.1 Å². The van der Waals surface area contributed by atoms with Gasteiger partial charge in [0.1, 0.15) is 0 Å². The van der Waals surface area contributed by atoms with Gasteiger partial charge in [-0.05, 0) is 30.0 Å². The number of carbonyl (C=O) groups is 1. The third kappa shape index (κ3) is 2.70. The lowest BCUT2D eigenvalue weighted by molar-refractivity contribution is -0.134. The monoisotopic (exact) mass is 293 g/mol. The number of ether oxygens (including phenoxy) is 1. The number of likely N-dealkylation sites (tertiary alicyclic amines) is 1. The highest BCUT2D eigenvalue weighted by atomic mass is 35.5. The standard InChI is InChI=1S/C16H20ClNO2/c1-11-8-18(16(19)13-6-7-20-10-13)9-15(11)12-2-4-14(17)5-3-12/h2-5,11,13,15H,6-10H2,1H3/t11-,13?,15-/m1/s1. The number of hydrogen-bond donors (Lipinski definition) is 0. The second-order valence-corrected chi connectivity index (χ2v) is 6.38. The molecule has 3 atom stereocenters. The number of hydrogen-bond acceptors (Lipinski definition) is 2. The van der Waals surface area contributed by atoms with E-state index < -0.39 is 0 Å². The summed E-state index contributed by atoms with van der Waals surface area (Å²) < 4.78 is 5.33. The van der Waals surface area contributed by atoms with Gasteiger partial charge in [-0.25, -0.2) is 0 Å². The third-order valence-corrected chi connectivity index (χ3v) is 4.75. The van der Waals surface area contributed by atoms with Crippen LogP contribution in [0, 0.1) is 11.8 Å². The quantitative estimate of drug-likeness (QED) is 0.839. The Bertz CT molecular complexity index is 482. The summed E-state index contributed by atoms with van der Waals surface area (Å²) in [5.74, 6) is 1.25. The predicted octanol–water partition coefficient (Wildman–Crippen LogP) is 2.94. The molecule has 2 aliphatic rings. The highest BCUT2D eigenvalue weighted by molar-refractivity contribution is 6.30. The van der Waals surface area contributed by atoms with Gasteiger partial charge in [0.05, 0.1) is 12.5 Å².